The van der Waals surface area contributed by atoms with Crippen LogP contribution >= 0.6 is 0 Å². The van der Waals surface area contributed by atoms with Crippen LogP contribution in [0.15, 0.2) is 29.4 Å². The Morgan fingerprint density at radius 1 is 1.27 bits per heavy atom. The van der Waals surface area contributed by atoms with Gasteiger partial charge in [0.25, 0.3) is 0 Å². The van der Waals surface area contributed by atoms with Crippen molar-refractivity contribution in [1.29, 1.82) is 0 Å². The number of hydrogen-bond donors (Lipinski definition) is 0. The van der Waals surface area contributed by atoms with Crippen LogP contribution in [0, 0.1) is 0 Å². The molecule has 1 aromatic rings. The first-order valence-electron chi connectivity index (χ1n) is 5.20. The summed E-state index contributed by atoms with van der Waals surface area (Å²) in [5.74, 6) is 0.956. The van der Waals surface area contributed by atoms with Gasteiger partial charge in [0.2, 0.25) is 0 Å². The van der Waals surface area contributed by atoms with E-state index in [2.05, 4.69) is 5.16 Å². The van der Waals surface area contributed by atoms with E-state index in [1.807, 2.05) is 38.1 Å². The summed E-state index contributed by atoms with van der Waals surface area (Å²) in [6.07, 6.45) is 0.823. The largest absolute Gasteiger partial charge is 0.487 e. The maximum Gasteiger partial charge on any atom is 0.130 e. The zero-order valence-corrected chi connectivity index (χ0v) is 9.49. The number of benzene rings is 1. The maximum absolute atomic E-state index is 5.48. The number of oxime groups is 1. The minimum absolute atomic E-state index is 0.533. The minimum Gasteiger partial charge on any atom is -0.487 e. The molecule has 0 atom stereocenters. The van der Waals surface area contributed by atoms with E-state index in [1.165, 1.54) is 5.56 Å². The van der Waals surface area contributed by atoms with Crippen molar-refractivity contribution in [2.24, 2.45) is 5.16 Å². The highest BCUT2D eigenvalue weighted by molar-refractivity contribution is 5.89. The molecule has 0 aromatic heterocycles. The Bertz CT molecular complexity index is 334. The Morgan fingerprint density at radius 2 is 2.00 bits per heavy atom. The number of para-hydroxylation sites is 1. The van der Waals surface area contributed by atoms with Gasteiger partial charge < -0.3 is 9.57 Å². The molecule has 0 saturated carbocycles. The van der Waals surface area contributed by atoms with E-state index in [-0.39, 0.29) is 0 Å². The second-order valence-electron chi connectivity index (χ2n) is 2.91. The molecule has 1 heterocycles. The fourth-order valence-corrected chi connectivity index (χ4v) is 1.41. The lowest BCUT2D eigenvalue weighted by Crippen LogP contribution is -2.20. The quantitative estimate of drug-likeness (QED) is 0.663. The van der Waals surface area contributed by atoms with E-state index in [0.717, 1.165) is 17.9 Å². The highest BCUT2D eigenvalue weighted by Gasteiger charge is 2.14. The van der Waals surface area contributed by atoms with Crippen LogP contribution in [-0.4, -0.2) is 19.4 Å². The van der Waals surface area contributed by atoms with Crippen LogP contribution in [0.5, 0.6) is 5.75 Å². The van der Waals surface area contributed by atoms with Crippen LogP contribution in [0.3, 0.4) is 0 Å². The number of fused-ring (bicyclic) bond motifs is 1. The van der Waals surface area contributed by atoms with Gasteiger partial charge in [-0.15, -0.1) is 0 Å². The van der Waals surface area contributed by atoms with Gasteiger partial charge in [-0.2, -0.15) is 0 Å². The smallest absolute Gasteiger partial charge is 0.130 e. The van der Waals surface area contributed by atoms with Crippen LogP contribution < -0.4 is 4.74 Å². The average Bonchev–Trinajstić information content (AvgIpc) is 2.32. The molecule has 2 rings (SSSR count). The summed E-state index contributed by atoms with van der Waals surface area (Å²) in [6.45, 7) is 4.53. The number of nitrogens with zero attached hydrogens (tertiary/aromatic N) is 1. The van der Waals surface area contributed by atoms with Crippen LogP contribution in [0.2, 0.25) is 0 Å². The van der Waals surface area contributed by atoms with Gasteiger partial charge in [-0.25, -0.2) is 0 Å². The van der Waals surface area contributed by atoms with E-state index < -0.39 is 0 Å². The Hall–Kier alpha value is -1.51. The monoisotopic (exact) mass is 207 g/mol. The van der Waals surface area contributed by atoms with Gasteiger partial charge >= 0.3 is 0 Å². The lowest BCUT2D eigenvalue weighted by molar-refractivity contribution is 0.208. The first kappa shape index (κ1) is 11.6. The second-order valence-corrected chi connectivity index (χ2v) is 2.91. The molecule has 1 aromatic carbocycles. The van der Waals surface area contributed by atoms with Crippen molar-refractivity contribution >= 4 is 5.71 Å². The molecular formula is C12H17NO2. The molecule has 0 unspecified atom stereocenters. The third-order valence-corrected chi connectivity index (χ3v) is 1.98. The molecule has 3 nitrogen and oxygen atoms in total. The molecule has 0 amide bonds. The summed E-state index contributed by atoms with van der Waals surface area (Å²) in [6, 6.07) is 7.98. The van der Waals surface area contributed by atoms with Crippen molar-refractivity contribution in [3.8, 4) is 5.75 Å². The third-order valence-electron chi connectivity index (χ3n) is 1.98. The Morgan fingerprint density at radius 3 is 2.73 bits per heavy atom. The highest BCUT2D eigenvalue weighted by atomic mass is 16.6. The topological polar surface area (TPSA) is 30.8 Å². The summed E-state index contributed by atoms with van der Waals surface area (Å²) < 4.78 is 5.48. The average molecular weight is 207 g/mol. The molecule has 0 fully saturated rings. The first-order chi connectivity index (χ1) is 7.40. The Balaban J connectivity index is 0.000000531. The number of hydrogen-bond acceptors (Lipinski definition) is 3. The lowest BCUT2D eigenvalue weighted by Gasteiger charge is -2.17. The predicted molar refractivity (Wildman–Crippen MR) is 61.4 cm³/mol. The van der Waals surface area contributed by atoms with Gasteiger partial charge in [-0.1, -0.05) is 37.2 Å². The molecule has 0 aliphatic carbocycles. The van der Waals surface area contributed by atoms with Gasteiger partial charge in [0.1, 0.15) is 19.5 Å². The number of rotatable bonds is 1. The molecule has 0 saturated heterocycles. The van der Waals surface area contributed by atoms with E-state index in [4.69, 9.17) is 9.57 Å². The molecule has 0 radical (unpaired) electrons. The van der Waals surface area contributed by atoms with E-state index >= 15 is 0 Å². The van der Waals surface area contributed by atoms with Gasteiger partial charge in [0, 0.05) is 12.0 Å². The van der Waals surface area contributed by atoms with Gasteiger partial charge in [-0.05, 0) is 6.07 Å². The van der Waals surface area contributed by atoms with Crippen LogP contribution in [0.4, 0.5) is 0 Å². The SMILES string of the molecule is CC.CO/N=C1/COc2ccccc2C1. The van der Waals surface area contributed by atoms with Crippen LogP contribution in [-0.2, 0) is 11.3 Å². The van der Waals surface area contributed by atoms with Crippen molar-refractivity contribution in [3.63, 3.8) is 0 Å². The molecule has 1 aliphatic heterocycles. The minimum atomic E-state index is 0.533. The Kier molecular flexibility index (Phi) is 4.68. The van der Waals surface area contributed by atoms with E-state index in [1.54, 1.807) is 7.11 Å². The molecule has 0 bridgehead atoms. The predicted octanol–water partition coefficient (Wildman–Crippen LogP) is 2.65. The zero-order chi connectivity index (χ0) is 11.1. The molecule has 82 valence electrons. The van der Waals surface area contributed by atoms with Crippen molar-refractivity contribution < 1.29 is 9.57 Å². The fraction of sp³-hybridized carbons (Fsp3) is 0.417. The maximum atomic E-state index is 5.48. The summed E-state index contributed by atoms with van der Waals surface area (Å²) >= 11 is 0. The fourth-order valence-electron chi connectivity index (χ4n) is 1.41. The summed E-state index contributed by atoms with van der Waals surface area (Å²) in [5, 5.41) is 3.87. The summed E-state index contributed by atoms with van der Waals surface area (Å²) in [7, 11) is 1.55. The van der Waals surface area contributed by atoms with E-state index in [9.17, 15) is 0 Å². The molecule has 1 aliphatic rings. The van der Waals surface area contributed by atoms with Crippen molar-refractivity contribution in [2.75, 3.05) is 13.7 Å². The molecule has 0 spiro atoms. The summed E-state index contributed by atoms with van der Waals surface area (Å²) in [5.41, 5.74) is 2.10. The zero-order valence-electron chi connectivity index (χ0n) is 9.49. The van der Waals surface area contributed by atoms with Crippen molar-refractivity contribution in [2.45, 2.75) is 20.3 Å². The molecule has 0 N–H and O–H groups in total. The van der Waals surface area contributed by atoms with Crippen molar-refractivity contribution in [3.05, 3.63) is 29.8 Å². The highest BCUT2D eigenvalue weighted by Crippen LogP contribution is 2.22. The summed E-state index contributed by atoms with van der Waals surface area (Å²) in [4.78, 5) is 4.70. The van der Waals surface area contributed by atoms with Gasteiger partial charge in [-0.3, -0.25) is 0 Å². The van der Waals surface area contributed by atoms with Crippen LogP contribution in [0.25, 0.3) is 0 Å². The lowest BCUT2D eigenvalue weighted by atomic mass is 10.1. The van der Waals surface area contributed by atoms with Gasteiger partial charge in [0.15, 0.2) is 0 Å². The molecule has 3 heteroatoms. The molecular weight excluding hydrogens is 190 g/mol. The molecule has 15 heavy (non-hydrogen) atoms. The first-order valence-corrected chi connectivity index (χ1v) is 5.20. The van der Waals surface area contributed by atoms with E-state index in [0.29, 0.717) is 6.61 Å². The second kappa shape index (κ2) is 6.06. The standard InChI is InChI=1S/C10H11NO2.C2H6/c1-12-11-9-6-8-4-2-3-5-10(8)13-7-9;1-2/h2-5H,6-7H2,1H3;1-2H3/b11-9+;. The third kappa shape index (κ3) is 2.98. The number of ether oxygens (including phenoxy) is 1. The van der Waals surface area contributed by atoms with Crippen LogP contribution in [0.1, 0.15) is 19.4 Å². The normalized spacial score (nSPS) is 15.8. The van der Waals surface area contributed by atoms with Gasteiger partial charge in [0.05, 0.1) is 5.71 Å². The van der Waals surface area contributed by atoms with Crippen molar-refractivity contribution in [1.82, 2.24) is 0 Å². The Labute approximate surface area is 90.7 Å².